The molecule has 0 spiro atoms. The summed E-state index contributed by atoms with van der Waals surface area (Å²) < 4.78 is 0. The molecule has 1 aliphatic carbocycles. The molecule has 0 heterocycles. The molecule has 0 aromatic rings. The SMILES string of the molecule is C=C/C=C(\C=C)CC1CCC(C)CC1.CC. The van der Waals surface area contributed by atoms with Gasteiger partial charge in [0.15, 0.2) is 0 Å². The van der Waals surface area contributed by atoms with E-state index in [1.54, 1.807) is 0 Å². The van der Waals surface area contributed by atoms with Crippen LogP contribution in [0.15, 0.2) is 37.0 Å². The first-order valence-corrected chi connectivity index (χ1v) is 6.70. The number of allylic oxidation sites excluding steroid dienone is 4. The maximum atomic E-state index is 3.84. The average molecular weight is 220 g/mol. The fourth-order valence-electron chi connectivity index (χ4n) is 2.24. The molecule has 0 aliphatic heterocycles. The zero-order valence-electron chi connectivity index (χ0n) is 11.3. The van der Waals surface area contributed by atoms with Crippen LogP contribution in [0, 0.1) is 11.8 Å². The van der Waals surface area contributed by atoms with Crippen molar-refractivity contribution in [2.24, 2.45) is 11.8 Å². The van der Waals surface area contributed by atoms with Crippen LogP contribution in [0.5, 0.6) is 0 Å². The second-order valence-corrected chi connectivity index (χ2v) is 4.51. The highest BCUT2D eigenvalue weighted by Crippen LogP contribution is 2.32. The van der Waals surface area contributed by atoms with E-state index in [4.69, 9.17) is 0 Å². The fourth-order valence-corrected chi connectivity index (χ4v) is 2.24. The third kappa shape index (κ3) is 5.95. The van der Waals surface area contributed by atoms with Crippen LogP contribution in [0.4, 0.5) is 0 Å². The van der Waals surface area contributed by atoms with Gasteiger partial charge < -0.3 is 0 Å². The summed E-state index contributed by atoms with van der Waals surface area (Å²) in [5.41, 5.74) is 1.35. The maximum Gasteiger partial charge on any atom is -0.0251 e. The quantitative estimate of drug-likeness (QED) is 0.547. The van der Waals surface area contributed by atoms with E-state index >= 15 is 0 Å². The van der Waals surface area contributed by atoms with Gasteiger partial charge in [-0.25, -0.2) is 0 Å². The van der Waals surface area contributed by atoms with E-state index in [9.17, 15) is 0 Å². The predicted octanol–water partition coefficient (Wildman–Crippen LogP) is 5.53. The van der Waals surface area contributed by atoms with Gasteiger partial charge in [0.1, 0.15) is 0 Å². The Bertz CT molecular complexity index is 214. The molecule has 16 heavy (non-hydrogen) atoms. The number of hydrogen-bond donors (Lipinski definition) is 0. The van der Waals surface area contributed by atoms with Crippen molar-refractivity contribution in [3.05, 3.63) is 37.0 Å². The van der Waals surface area contributed by atoms with Crippen LogP contribution in [0.3, 0.4) is 0 Å². The van der Waals surface area contributed by atoms with Crippen LogP contribution in [0.1, 0.15) is 52.9 Å². The maximum absolute atomic E-state index is 3.84. The Hall–Kier alpha value is -0.780. The van der Waals surface area contributed by atoms with Crippen molar-refractivity contribution >= 4 is 0 Å². The largest absolute Gasteiger partial charge is 0.0991 e. The predicted molar refractivity (Wildman–Crippen MR) is 75.6 cm³/mol. The van der Waals surface area contributed by atoms with E-state index in [0.29, 0.717) is 0 Å². The standard InChI is InChI=1S/C14H22.C2H6/c1-4-6-13(5-2)11-14-9-7-12(3)8-10-14;1-2/h4-6,12,14H,1-2,7-11H2,3H3;1-2H3/b13-6+;. The monoisotopic (exact) mass is 220 g/mol. The smallest absolute Gasteiger partial charge is 0.0251 e. The van der Waals surface area contributed by atoms with E-state index in [1.807, 2.05) is 26.0 Å². The first-order chi connectivity index (χ1) is 7.76. The van der Waals surface area contributed by atoms with Gasteiger partial charge in [0.25, 0.3) is 0 Å². The van der Waals surface area contributed by atoms with E-state index in [2.05, 4.69) is 26.2 Å². The zero-order chi connectivity index (χ0) is 12.4. The molecule has 0 heteroatoms. The fraction of sp³-hybridized carbons (Fsp3) is 0.625. The van der Waals surface area contributed by atoms with Crippen molar-refractivity contribution in [2.45, 2.75) is 52.9 Å². The van der Waals surface area contributed by atoms with E-state index in [0.717, 1.165) is 11.8 Å². The Labute approximate surface area is 102 Å². The second-order valence-electron chi connectivity index (χ2n) is 4.51. The van der Waals surface area contributed by atoms with Gasteiger partial charge in [-0.05, 0) is 36.7 Å². The molecule has 0 aromatic carbocycles. The molecule has 1 fully saturated rings. The normalized spacial score (nSPS) is 25.3. The second kappa shape index (κ2) is 9.45. The van der Waals surface area contributed by atoms with Gasteiger partial charge >= 0.3 is 0 Å². The van der Waals surface area contributed by atoms with Gasteiger partial charge in [-0.1, -0.05) is 65.0 Å². The molecule has 0 bridgehead atoms. The minimum absolute atomic E-state index is 0.885. The van der Waals surface area contributed by atoms with Gasteiger partial charge in [0, 0.05) is 0 Å². The molecule has 0 atom stereocenters. The lowest BCUT2D eigenvalue weighted by atomic mass is 9.80. The van der Waals surface area contributed by atoms with Gasteiger partial charge in [0.05, 0.1) is 0 Å². The molecular formula is C16H28. The molecule has 1 rings (SSSR count). The molecule has 1 saturated carbocycles. The highest BCUT2D eigenvalue weighted by atomic mass is 14.2. The number of hydrogen-bond acceptors (Lipinski definition) is 0. The van der Waals surface area contributed by atoms with Crippen molar-refractivity contribution in [3.8, 4) is 0 Å². The average Bonchev–Trinajstić information content (AvgIpc) is 2.34. The zero-order valence-corrected chi connectivity index (χ0v) is 11.3. The highest BCUT2D eigenvalue weighted by Gasteiger charge is 2.18. The van der Waals surface area contributed by atoms with Crippen LogP contribution in [0.25, 0.3) is 0 Å². The van der Waals surface area contributed by atoms with E-state index in [-0.39, 0.29) is 0 Å². The summed E-state index contributed by atoms with van der Waals surface area (Å²) in [6, 6.07) is 0. The molecular weight excluding hydrogens is 192 g/mol. The summed E-state index contributed by atoms with van der Waals surface area (Å²) in [7, 11) is 0. The lowest BCUT2D eigenvalue weighted by molar-refractivity contribution is 0.289. The topological polar surface area (TPSA) is 0 Å². The summed E-state index contributed by atoms with van der Waals surface area (Å²) in [5, 5.41) is 0. The van der Waals surface area contributed by atoms with Crippen LogP contribution in [0.2, 0.25) is 0 Å². The molecule has 0 nitrogen and oxygen atoms in total. The van der Waals surface area contributed by atoms with Crippen LogP contribution < -0.4 is 0 Å². The van der Waals surface area contributed by atoms with Gasteiger partial charge in [0.2, 0.25) is 0 Å². The minimum atomic E-state index is 0.885. The number of rotatable bonds is 4. The summed E-state index contributed by atoms with van der Waals surface area (Å²) >= 11 is 0. The van der Waals surface area contributed by atoms with E-state index in [1.165, 1.54) is 37.7 Å². The molecule has 0 radical (unpaired) electrons. The van der Waals surface area contributed by atoms with Crippen LogP contribution >= 0.6 is 0 Å². The molecule has 0 N–H and O–H groups in total. The Morgan fingerprint density at radius 2 is 1.69 bits per heavy atom. The first-order valence-electron chi connectivity index (χ1n) is 6.70. The molecule has 0 unspecified atom stereocenters. The van der Waals surface area contributed by atoms with E-state index < -0.39 is 0 Å². The highest BCUT2D eigenvalue weighted by molar-refractivity contribution is 5.21. The van der Waals surface area contributed by atoms with Gasteiger partial charge in [-0.3, -0.25) is 0 Å². The van der Waals surface area contributed by atoms with Crippen LogP contribution in [-0.2, 0) is 0 Å². The Kier molecular flexibility index (Phi) is 8.99. The lowest BCUT2D eigenvalue weighted by Crippen LogP contribution is -2.12. The van der Waals surface area contributed by atoms with Crippen molar-refractivity contribution in [1.29, 1.82) is 0 Å². The third-order valence-electron chi connectivity index (χ3n) is 3.25. The summed E-state index contributed by atoms with van der Waals surface area (Å²) in [4.78, 5) is 0. The summed E-state index contributed by atoms with van der Waals surface area (Å²) in [6.45, 7) is 13.9. The van der Waals surface area contributed by atoms with Crippen molar-refractivity contribution in [3.63, 3.8) is 0 Å². The lowest BCUT2D eigenvalue weighted by Gasteiger charge is -2.26. The molecule has 0 amide bonds. The third-order valence-corrected chi connectivity index (χ3v) is 3.25. The van der Waals surface area contributed by atoms with Crippen molar-refractivity contribution < 1.29 is 0 Å². The van der Waals surface area contributed by atoms with Crippen molar-refractivity contribution in [2.75, 3.05) is 0 Å². The minimum Gasteiger partial charge on any atom is -0.0991 e. The molecule has 0 saturated heterocycles. The Morgan fingerprint density at radius 1 is 1.12 bits per heavy atom. The van der Waals surface area contributed by atoms with Gasteiger partial charge in [-0.2, -0.15) is 0 Å². The van der Waals surface area contributed by atoms with Crippen LogP contribution in [-0.4, -0.2) is 0 Å². The van der Waals surface area contributed by atoms with Crippen molar-refractivity contribution in [1.82, 2.24) is 0 Å². The molecule has 92 valence electrons. The Morgan fingerprint density at radius 3 is 2.12 bits per heavy atom. The first kappa shape index (κ1) is 15.2. The molecule has 0 aromatic heterocycles. The Balaban J connectivity index is 0.00000106. The van der Waals surface area contributed by atoms with Gasteiger partial charge in [-0.15, -0.1) is 0 Å². The molecule has 1 aliphatic rings. The summed E-state index contributed by atoms with van der Waals surface area (Å²) in [6.07, 6.45) is 12.7. The summed E-state index contributed by atoms with van der Waals surface area (Å²) in [5.74, 6) is 1.83.